The first-order valence-corrected chi connectivity index (χ1v) is 4.86. The third-order valence-corrected chi connectivity index (χ3v) is 2.23. The lowest BCUT2D eigenvalue weighted by Crippen LogP contribution is -2.32. The maximum absolute atomic E-state index is 13.3. The molecule has 1 aromatic rings. The number of halogens is 2. The third-order valence-electron chi connectivity index (χ3n) is 2.23. The lowest BCUT2D eigenvalue weighted by Gasteiger charge is -2.19. The molecule has 0 spiro atoms. The van der Waals surface area contributed by atoms with Gasteiger partial charge in [-0.15, -0.1) is 0 Å². The van der Waals surface area contributed by atoms with E-state index in [-0.39, 0.29) is 24.3 Å². The summed E-state index contributed by atoms with van der Waals surface area (Å²) in [4.78, 5) is 0. The molecule has 4 heteroatoms. The van der Waals surface area contributed by atoms with Gasteiger partial charge in [0.2, 0.25) is 0 Å². The van der Waals surface area contributed by atoms with E-state index in [1.165, 1.54) is 0 Å². The molecule has 0 radical (unpaired) electrons. The molecule has 15 heavy (non-hydrogen) atoms. The van der Waals surface area contributed by atoms with Gasteiger partial charge in [-0.05, 0) is 32.0 Å². The van der Waals surface area contributed by atoms with Gasteiger partial charge in [-0.3, -0.25) is 0 Å². The Morgan fingerprint density at radius 1 is 1.33 bits per heavy atom. The molecule has 84 valence electrons. The highest BCUT2D eigenvalue weighted by Crippen LogP contribution is 2.18. The molecule has 1 rings (SSSR count). The summed E-state index contributed by atoms with van der Waals surface area (Å²) < 4.78 is 26.2. The highest BCUT2D eigenvalue weighted by atomic mass is 19.1. The average molecular weight is 215 g/mol. The van der Waals surface area contributed by atoms with Crippen molar-refractivity contribution in [3.63, 3.8) is 0 Å². The molecule has 0 bridgehead atoms. The Bertz CT molecular complexity index is 330. The van der Waals surface area contributed by atoms with E-state index in [0.717, 1.165) is 18.2 Å². The summed E-state index contributed by atoms with van der Waals surface area (Å²) in [6, 6.07) is 2.87. The zero-order valence-electron chi connectivity index (χ0n) is 8.80. The van der Waals surface area contributed by atoms with Crippen LogP contribution >= 0.6 is 0 Å². The van der Waals surface area contributed by atoms with Gasteiger partial charge in [-0.2, -0.15) is 0 Å². The fourth-order valence-corrected chi connectivity index (χ4v) is 1.42. The molecule has 0 saturated carbocycles. The van der Waals surface area contributed by atoms with E-state index < -0.39 is 11.6 Å². The SMILES string of the molecule is CC(CO)NC(C)c1cc(F)ccc1F. The monoisotopic (exact) mass is 215 g/mol. The number of nitrogens with one attached hydrogen (secondary N) is 1. The Morgan fingerprint density at radius 2 is 2.00 bits per heavy atom. The van der Waals surface area contributed by atoms with Crippen LogP contribution in [0.3, 0.4) is 0 Å². The zero-order chi connectivity index (χ0) is 11.4. The fourth-order valence-electron chi connectivity index (χ4n) is 1.42. The van der Waals surface area contributed by atoms with Crippen molar-refractivity contribution < 1.29 is 13.9 Å². The van der Waals surface area contributed by atoms with Crippen LogP contribution < -0.4 is 5.32 Å². The van der Waals surface area contributed by atoms with Gasteiger partial charge >= 0.3 is 0 Å². The molecule has 0 heterocycles. The minimum Gasteiger partial charge on any atom is -0.395 e. The molecular formula is C11H15F2NO. The second kappa shape index (κ2) is 5.19. The molecular weight excluding hydrogens is 200 g/mol. The van der Waals surface area contributed by atoms with Crippen LogP contribution in [0.1, 0.15) is 25.5 Å². The van der Waals surface area contributed by atoms with Crippen molar-refractivity contribution in [2.45, 2.75) is 25.9 Å². The normalized spacial score (nSPS) is 15.0. The molecule has 0 amide bonds. The van der Waals surface area contributed by atoms with Crippen LogP contribution in [-0.2, 0) is 0 Å². The van der Waals surface area contributed by atoms with E-state index in [1.807, 2.05) is 0 Å². The molecule has 0 saturated heterocycles. The summed E-state index contributed by atoms with van der Waals surface area (Å²) in [5.74, 6) is -0.904. The van der Waals surface area contributed by atoms with Crippen molar-refractivity contribution in [3.05, 3.63) is 35.4 Å². The van der Waals surface area contributed by atoms with Crippen LogP contribution in [0.2, 0.25) is 0 Å². The van der Waals surface area contributed by atoms with Crippen molar-refractivity contribution in [2.75, 3.05) is 6.61 Å². The fraction of sp³-hybridized carbons (Fsp3) is 0.455. The topological polar surface area (TPSA) is 32.3 Å². The van der Waals surface area contributed by atoms with Crippen LogP contribution in [0, 0.1) is 11.6 Å². The highest BCUT2D eigenvalue weighted by Gasteiger charge is 2.13. The second-order valence-corrected chi connectivity index (χ2v) is 3.64. The van der Waals surface area contributed by atoms with Crippen molar-refractivity contribution in [1.82, 2.24) is 5.32 Å². The van der Waals surface area contributed by atoms with Crippen LogP contribution in [0.15, 0.2) is 18.2 Å². The minimum atomic E-state index is -0.461. The number of benzene rings is 1. The minimum absolute atomic E-state index is 0.0404. The molecule has 2 nitrogen and oxygen atoms in total. The standard InChI is InChI=1S/C11H15F2NO/c1-7(6-15)14-8(2)10-5-9(12)3-4-11(10)13/h3-5,7-8,14-15H,6H2,1-2H3. The van der Waals surface area contributed by atoms with Crippen LogP contribution in [-0.4, -0.2) is 17.8 Å². The van der Waals surface area contributed by atoms with E-state index in [2.05, 4.69) is 5.32 Å². The van der Waals surface area contributed by atoms with Gasteiger partial charge in [-0.25, -0.2) is 8.78 Å². The van der Waals surface area contributed by atoms with Crippen LogP contribution in [0.4, 0.5) is 8.78 Å². The summed E-state index contributed by atoms with van der Waals surface area (Å²) in [5, 5.41) is 11.8. The Morgan fingerprint density at radius 3 is 2.60 bits per heavy atom. The molecule has 0 fully saturated rings. The van der Waals surface area contributed by atoms with Crippen molar-refractivity contribution in [3.8, 4) is 0 Å². The van der Waals surface area contributed by atoms with E-state index in [1.54, 1.807) is 13.8 Å². The Labute approximate surface area is 87.9 Å². The summed E-state index contributed by atoms with van der Waals surface area (Å²) >= 11 is 0. The van der Waals surface area contributed by atoms with E-state index >= 15 is 0 Å². The average Bonchev–Trinajstić information content (AvgIpc) is 2.21. The summed E-state index contributed by atoms with van der Waals surface area (Å²) in [6.45, 7) is 3.46. The maximum atomic E-state index is 13.3. The first kappa shape index (κ1) is 12.1. The predicted molar refractivity (Wildman–Crippen MR) is 54.5 cm³/mol. The summed E-state index contributed by atoms with van der Waals surface area (Å²) in [6.07, 6.45) is 0. The van der Waals surface area contributed by atoms with E-state index in [0.29, 0.717) is 0 Å². The first-order chi connectivity index (χ1) is 7.04. The van der Waals surface area contributed by atoms with Gasteiger partial charge in [0.15, 0.2) is 0 Å². The number of hydrogen-bond donors (Lipinski definition) is 2. The number of aliphatic hydroxyl groups is 1. The highest BCUT2D eigenvalue weighted by molar-refractivity contribution is 5.21. The van der Waals surface area contributed by atoms with Gasteiger partial charge in [0.05, 0.1) is 6.61 Å². The van der Waals surface area contributed by atoms with Crippen LogP contribution in [0.25, 0.3) is 0 Å². The third kappa shape index (κ3) is 3.25. The first-order valence-electron chi connectivity index (χ1n) is 4.86. The van der Waals surface area contributed by atoms with Crippen molar-refractivity contribution in [1.29, 1.82) is 0 Å². The van der Waals surface area contributed by atoms with Gasteiger partial charge < -0.3 is 10.4 Å². The van der Waals surface area contributed by atoms with Crippen molar-refractivity contribution in [2.24, 2.45) is 0 Å². The summed E-state index contributed by atoms with van der Waals surface area (Å²) in [7, 11) is 0. The molecule has 2 N–H and O–H groups in total. The molecule has 0 aromatic heterocycles. The van der Waals surface area contributed by atoms with Gasteiger partial charge in [0.1, 0.15) is 11.6 Å². The van der Waals surface area contributed by atoms with Gasteiger partial charge in [0.25, 0.3) is 0 Å². The lowest BCUT2D eigenvalue weighted by atomic mass is 10.1. The quantitative estimate of drug-likeness (QED) is 0.805. The van der Waals surface area contributed by atoms with E-state index in [9.17, 15) is 8.78 Å². The number of aliphatic hydroxyl groups excluding tert-OH is 1. The molecule has 0 aliphatic carbocycles. The number of hydrogen-bond acceptors (Lipinski definition) is 2. The van der Waals surface area contributed by atoms with Gasteiger partial charge in [0, 0.05) is 17.6 Å². The van der Waals surface area contributed by atoms with E-state index in [4.69, 9.17) is 5.11 Å². The smallest absolute Gasteiger partial charge is 0.128 e. The molecule has 0 aliphatic rings. The Hall–Kier alpha value is -1.00. The summed E-state index contributed by atoms with van der Waals surface area (Å²) in [5.41, 5.74) is 0.273. The van der Waals surface area contributed by atoms with Gasteiger partial charge in [-0.1, -0.05) is 0 Å². The van der Waals surface area contributed by atoms with Crippen molar-refractivity contribution >= 4 is 0 Å². The largest absolute Gasteiger partial charge is 0.395 e. The molecule has 1 aromatic carbocycles. The maximum Gasteiger partial charge on any atom is 0.128 e. The zero-order valence-corrected chi connectivity index (χ0v) is 8.80. The predicted octanol–water partition coefficient (Wildman–Crippen LogP) is 2.00. The Balaban J connectivity index is 2.80. The molecule has 2 unspecified atom stereocenters. The Kier molecular flexibility index (Phi) is 4.17. The number of rotatable bonds is 4. The lowest BCUT2D eigenvalue weighted by molar-refractivity contribution is 0.242. The second-order valence-electron chi connectivity index (χ2n) is 3.64. The molecule has 0 aliphatic heterocycles. The van der Waals surface area contributed by atoms with Crippen LogP contribution in [0.5, 0.6) is 0 Å². The molecule has 2 atom stereocenters.